The van der Waals surface area contributed by atoms with Crippen LogP contribution in [0.1, 0.15) is 47.2 Å². The minimum absolute atomic E-state index is 0.180. The lowest BCUT2D eigenvalue weighted by molar-refractivity contribution is 0.0535. The predicted octanol–water partition coefficient (Wildman–Crippen LogP) is 3.28. The molecule has 4 heteroatoms. The number of rotatable bonds is 3. The molecule has 1 aromatic carbocycles. The maximum atomic E-state index is 11.5. The van der Waals surface area contributed by atoms with Crippen LogP contribution in [0.5, 0.6) is 0 Å². The summed E-state index contributed by atoms with van der Waals surface area (Å²) < 4.78 is 5.10. The number of thioether (sulfide) groups is 1. The van der Waals surface area contributed by atoms with Crippen molar-refractivity contribution in [1.82, 2.24) is 0 Å². The van der Waals surface area contributed by atoms with Crippen molar-refractivity contribution in [3.05, 3.63) is 28.8 Å². The summed E-state index contributed by atoms with van der Waals surface area (Å²) in [6.07, 6.45) is 4.83. The molecule has 0 amide bonds. The Morgan fingerprint density at radius 2 is 2.05 bits per heavy atom. The van der Waals surface area contributed by atoms with E-state index < -0.39 is 0 Å². The van der Waals surface area contributed by atoms with Crippen molar-refractivity contribution in [2.75, 3.05) is 5.75 Å². The van der Waals surface area contributed by atoms with Gasteiger partial charge in [0, 0.05) is 22.3 Å². The van der Waals surface area contributed by atoms with Crippen LogP contribution in [-0.4, -0.2) is 17.8 Å². The van der Waals surface area contributed by atoms with Gasteiger partial charge in [-0.15, -0.1) is 11.8 Å². The summed E-state index contributed by atoms with van der Waals surface area (Å²) in [4.78, 5) is 12.8. The number of esters is 1. The van der Waals surface area contributed by atoms with Gasteiger partial charge < -0.3 is 10.5 Å². The van der Waals surface area contributed by atoms with E-state index in [0.717, 1.165) is 35.6 Å². The maximum Gasteiger partial charge on any atom is 0.338 e. The van der Waals surface area contributed by atoms with E-state index in [-0.39, 0.29) is 5.97 Å². The summed E-state index contributed by atoms with van der Waals surface area (Å²) in [5, 5.41) is 0. The lowest BCUT2D eigenvalue weighted by Crippen LogP contribution is -2.27. The molecule has 1 aromatic rings. The molecule has 1 heterocycles. The zero-order valence-electron chi connectivity index (χ0n) is 11.9. The van der Waals surface area contributed by atoms with Crippen LogP contribution in [0, 0.1) is 12.8 Å². The lowest BCUT2D eigenvalue weighted by Gasteiger charge is -2.25. The van der Waals surface area contributed by atoms with Crippen LogP contribution in [0.25, 0.3) is 0 Å². The van der Waals surface area contributed by atoms with Crippen LogP contribution < -0.4 is 5.73 Å². The molecule has 3 rings (SSSR count). The van der Waals surface area contributed by atoms with Crippen molar-refractivity contribution in [3.63, 3.8) is 0 Å². The number of nitrogens with two attached hydrogens (primary N) is 1. The second-order valence-electron chi connectivity index (χ2n) is 5.88. The molecule has 1 aliphatic carbocycles. The van der Waals surface area contributed by atoms with Crippen LogP contribution in [0.3, 0.4) is 0 Å². The van der Waals surface area contributed by atoms with Crippen molar-refractivity contribution < 1.29 is 9.53 Å². The summed E-state index contributed by atoms with van der Waals surface area (Å²) in [7, 11) is 0. The highest BCUT2D eigenvalue weighted by Gasteiger charge is 2.24. The molecule has 20 heavy (non-hydrogen) atoms. The molecule has 0 aromatic heterocycles. The van der Waals surface area contributed by atoms with Gasteiger partial charge in [-0.2, -0.15) is 0 Å². The monoisotopic (exact) mass is 291 g/mol. The van der Waals surface area contributed by atoms with Crippen molar-refractivity contribution >= 4 is 17.7 Å². The molecule has 1 fully saturated rings. The summed E-state index contributed by atoms with van der Waals surface area (Å²) in [6, 6.07) is 4.40. The van der Waals surface area contributed by atoms with Crippen molar-refractivity contribution in [1.29, 1.82) is 0 Å². The molecule has 0 radical (unpaired) electrons. The topological polar surface area (TPSA) is 52.3 Å². The third-order valence-electron chi connectivity index (χ3n) is 4.48. The van der Waals surface area contributed by atoms with Gasteiger partial charge in [0.1, 0.15) is 6.61 Å². The summed E-state index contributed by atoms with van der Waals surface area (Å²) in [6.45, 7) is 2.53. The first-order valence-electron chi connectivity index (χ1n) is 7.33. The SMILES string of the molecule is Cc1c(SCC2CCC(N)CC2)ccc2c1COC2=O. The van der Waals surface area contributed by atoms with Gasteiger partial charge in [0.2, 0.25) is 0 Å². The Bertz CT molecular complexity index is 521. The number of hydrogen-bond donors (Lipinski definition) is 1. The fourth-order valence-corrected chi connectivity index (χ4v) is 4.30. The van der Waals surface area contributed by atoms with Crippen molar-refractivity contribution in [2.45, 2.75) is 50.2 Å². The Kier molecular flexibility index (Phi) is 4.03. The standard InChI is InChI=1S/C16H21NO2S/c1-10-14-8-19-16(18)13(14)6-7-15(10)20-9-11-2-4-12(17)5-3-11/h6-7,11-12H,2-5,8-9,17H2,1H3. The Morgan fingerprint density at radius 1 is 1.30 bits per heavy atom. The molecule has 0 spiro atoms. The minimum Gasteiger partial charge on any atom is -0.457 e. The zero-order valence-corrected chi connectivity index (χ0v) is 12.7. The van der Waals surface area contributed by atoms with Gasteiger partial charge in [0.15, 0.2) is 0 Å². The van der Waals surface area contributed by atoms with Crippen LogP contribution in [-0.2, 0) is 11.3 Å². The van der Waals surface area contributed by atoms with E-state index in [1.54, 1.807) is 0 Å². The predicted molar refractivity (Wildman–Crippen MR) is 81.0 cm³/mol. The number of benzene rings is 1. The number of hydrogen-bond acceptors (Lipinski definition) is 4. The second kappa shape index (κ2) is 5.78. The summed E-state index contributed by atoms with van der Waals surface area (Å²) >= 11 is 1.91. The fourth-order valence-electron chi connectivity index (χ4n) is 3.05. The molecule has 0 unspecified atom stereocenters. The van der Waals surface area contributed by atoms with Gasteiger partial charge in [-0.3, -0.25) is 0 Å². The molecule has 0 saturated heterocycles. The molecule has 1 saturated carbocycles. The third kappa shape index (κ3) is 2.72. The Balaban J connectivity index is 1.65. The Labute approximate surface area is 124 Å². The van der Waals surface area contributed by atoms with Gasteiger partial charge in [-0.05, 0) is 56.2 Å². The zero-order chi connectivity index (χ0) is 14.1. The second-order valence-corrected chi connectivity index (χ2v) is 6.94. The van der Waals surface area contributed by atoms with Crippen molar-refractivity contribution in [3.8, 4) is 0 Å². The van der Waals surface area contributed by atoms with Crippen LogP contribution >= 0.6 is 11.8 Å². The fraction of sp³-hybridized carbons (Fsp3) is 0.562. The average Bonchev–Trinajstić information content (AvgIpc) is 2.82. The number of carbonyl (C=O) groups is 1. The molecular weight excluding hydrogens is 270 g/mol. The molecule has 3 nitrogen and oxygen atoms in total. The molecule has 2 aliphatic rings. The first-order valence-corrected chi connectivity index (χ1v) is 8.31. The maximum absolute atomic E-state index is 11.5. The largest absolute Gasteiger partial charge is 0.457 e. The van der Waals surface area contributed by atoms with Crippen LogP contribution in [0.4, 0.5) is 0 Å². The van der Waals surface area contributed by atoms with Crippen LogP contribution in [0.15, 0.2) is 17.0 Å². The van der Waals surface area contributed by atoms with Gasteiger partial charge >= 0.3 is 5.97 Å². The minimum atomic E-state index is -0.180. The smallest absolute Gasteiger partial charge is 0.338 e. The number of fused-ring (bicyclic) bond motifs is 1. The molecule has 0 atom stereocenters. The van der Waals surface area contributed by atoms with Gasteiger partial charge in [0.25, 0.3) is 0 Å². The van der Waals surface area contributed by atoms with E-state index in [1.807, 2.05) is 17.8 Å². The average molecular weight is 291 g/mol. The number of cyclic esters (lactones) is 1. The molecule has 108 valence electrons. The lowest BCUT2D eigenvalue weighted by atomic mass is 9.88. The molecule has 2 N–H and O–H groups in total. The first kappa shape index (κ1) is 14.0. The summed E-state index contributed by atoms with van der Waals surface area (Å²) in [5.41, 5.74) is 8.98. The number of carbonyl (C=O) groups excluding carboxylic acids is 1. The normalized spacial score (nSPS) is 25.4. The molecule has 0 bridgehead atoms. The van der Waals surface area contributed by atoms with E-state index in [2.05, 4.69) is 13.0 Å². The Hall–Kier alpha value is -1.00. The van der Waals surface area contributed by atoms with E-state index in [9.17, 15) is 4.79 Å². The van der Waals surface area contributed by atoms with Gasteiger partial charge in [0.05, 0.1) is 5.56 Å². The third-order valence-corrected chi connectivity index (χ3v) is 5.87. The van der Waals surface area contributed by atoms with Gasteiger partial charge in [-0.25, -0.2) is 4.79 Å². The van der Waals surface area contributed by atoms with E-state index in [1.165, 1.54) is 23.3 Å². The molecule has 1 aliphatic heterocycles. The summed E-state index contributed by atoms with van der Waals surface area (Å²) in [5.74, 6) is 1.76. The van der Waals surface area contributed by atoms with Crippen LogP contribution in [0.2, 0.25) is 0 Å². The van der Waals surface area contributed by atoms with E-state index >= 15 is 0 Å². The highest BCUT2D eigenvalue weighted by Crippen LogP contribution is 2.34. The highest BCUT2D eigenvalue weighted by atomic mass is 32.2. The van der Waals surface area contributed by atoms with E-state index in [0.29, 0.717) is 12.6 Å². The van der Waals surface area contributed by atoms with Crippen molar-refractivity contribution in [2.24, 2.45) is 11.7 Å². The van der Waals surface area contributed by atoms with Gasteiger partial charge in [-0.1, -0.05) is 0 Å². The first-order chi connectivity index (χ1) is 9.65. The Morgan fingerprint density at radius 3 is 2.80 bits per heavy atom. The highest BCUT2D eigenvalue weighted by molar-refractivity contribution is 7.99. The number of ether oxygens (including phenoxy) is 1. The molecular formula is C16H21NO2S. The van der Waals surface area contributed by atoms with E-state index in [4.69, 9.17) is 10.5 Å². The quantitative estimate of drug-likeness (QED) is 0.686.